The minimum absolute atomic E-state index is 0.0967. The summed E-state index contributed by atoms with van der Waals surface area (Å²) in [5.74, 6) is -0.699. The van der Waals surface area contributed by atoms with Gasteiger partial charge in [0.1, 0.15) is 5.82 Å². The lowest BCUT2D eigenvalue weighted by Crippen LogP contribution is -2.32. The van der Waals surface area contributed by atoms with Gasteiger partial charge in [-0.3, -0.25) is 4.79 Å². The predicted octanol–water partition coefficient (Wildman–Crippen LogP) is 2.37. The van der Waals surface area contributed by atoms with Crippen molar-refractivity contribution in [3.05, 3.63) is 34.6 Å². The van der Waals surface area contributed by atoms with E-state index in [2.05, 4.69) is 5.32 Å². The molecule has 2 atom stereocenters. The van der Waals surface area contributed by atoms with Gasteiger partial charge in [0.25, 0.3) is 5.91 Å². The molecule has 5 heteroatoms. The lowest BCUT2D eigenvalue weighted by Gasteiger charge is -2.15. The van der Waals surface area contributed by atoms with Crippen molar-refractivity contribution in [1.82, 2.24) is 5.32 Å². The van der Waals surface area contributed by atoms with Crippen molar-refractivity contribution in [3.8, 4) is 0 Å². The minimum atomic E-state index is -0.470. The number of carbonyl (C=O) groups is 1. The Morgan fingerprint density at radius 1 is 1.50 bits per heavy atom. The summed E-state index contributed by atoms with van der Waals surface area (Å²) < 4.78 is 12.8. The van der Waals surface area contributed by atoms with Gasteiger partial charge in [-0.2, -0.15) is 0 Å². The zero-order chi connectivity index (χ0) is 13.1. The van der Waals surface area contributed by atoms with Gasteiger partial charge in [0.2, 0.25) is 0 Å². The number of aliphatic hydroxyl groups is 1. The molecule has 98 valence electrons. The zero-order valence-corrected chi connectivity index (χ0v) is 10.6. The first-order valence-corrected chi connectivity index (χ1v) is 6.37. The fourth-order valence-electron chi connectivity index (χ4n) is 2.25. The van der Waals surface area contributed by atoms with E-state index in [1.165, 1.54) is 12.1 Å². The summed E-state index contributed by atoms with van der Waals surface area (Å²) in [7, 11) is 0. The van der Waals surface area contributed by atoms with Crippen molar-refractivity contribution < 1.29 is 14.3 Å². The van der Waals surface area contributed by atoms with Gasteiger partial charge < -0.3 is 10.4 Å². The molecule has 0 aromatic heterocycles. The van der Waals surface area contributed by atoms with Crippen molar-refractivity contribution in [1.29, 1.82) is 0 Å². The third-order valence-electron chi connectivity index (χ3n) is 3.32. The van der Waals surface area contributed by atoms with Gasteiger partial charge in [0, 0.05) is 12.5 Å². The number of carbonyl (C=O) groups excluding carboxylic acids is 1. The second kappa shape index (κ2) is 5.67. The summed E-state index contributed by atoms with van der Waals surface area (Å²) >= 11 is 5.80. The monoisotopic (exact) mass is 271 g/mol. The highest BCUT2D eigenvalue weighted by molar-refractivity contribution is 6.33. The van der Waals surface area contributed by atoms with Gasteiger partial charge in [-0.15, -0.1) is 0 Å². The molecule has 0 radical (unpaired) electrons. The number of hydrogen-bond donors (Lipinski definition) is 2. The molecule has 3 nitrogen and oxygen atoms in total. The summed E-state index contributed by atoms with van der Waals surface area (Å²) in [4.78, 5) is 11.8. The van der Waals surface area contributed by atoms with E-state index in [4.69, 9.17) is 11.6 Å². The lowest BCUT2D eigenvalue weighted by atomic mass is 10.1. The van der Waals surface area contributed by atoms with Crippen LogP contribution in [-0.4, -0.2) is 23.7 Å². The maximum Gasteiger partial charge on any atom is 0.252 e. The number of aliphatic hydroxyl groups excluding tert-OH is 1. The molecule has 2 rings (SSSR count). The first-order valence-electron chi connectivity index (χ1n) is 5.99. The van der Waals surface area contributed by atoms with E-state index in [9.17, 15) is 14.3 Å². The Labute approximate surface area is 110 Å². The molecule has 0 spiro atoms. The number of benzene rings is 1. The van der Waals surface area contributed by atoms with E-state index in [0.717, 1.165) is 25.3 Å². The minimum Gasteiger partial charge on any atom is -0.393 e. The summed E-state index contributed by atoms with van der Waals surface area (Å²) in [6, 6.07) is 3.67. The average Bonchev–Trinajstić information content (AvgIpc) is 2.72. The number of amides is 1. The van der Waals surface area contributed by atoms with E-state index in [1.54, 1.807) is 0 Å². The van der Waals surface area contributed by atoms with Crippen LogP contribution in [0.5, 0.6) is 0 Å². The number of halogens is 2. The first kappa shape index (κ1) is 13.3. The fraction of sp³-hybridized carbons (Fsp3) is 0.462. The van der Waals surface area contributed by atoms with Crippen LogP contribution in [0.3, 0.4) is 0 Å². The van der Waals surface area contributed by atoms with E-state index < -0.39 is 5.82 Å². The molecule has 1 aliphatic carbocycles. The highest BCUT2D eigenvalue weighted by Crippen LogP contribution is 2.25. The molecule has 2 N–H and O–H groups in total. The Morgan fingerprint density at radius 2 is 2.28 bits per heavy atom. The highest BCUT2D eigenvalue weighted by Gasteiger charge is 2.25. The van der Waals surface area contributed by atoms with Crippen LogP contribution in [0.25, 0.3) is 0 Å². The normalized spacial score (nSPS) is 23.1. The fourth-order valence-corrected chi connectivity index (χ4v) is 2.50. The van der Waals surface area contributed by atoms with E-state index in [-0.39, 0.29) is 28.5 Å². The van der Waals surface area contributed by atoms with Gasteiger partial charge in [-0.1, -0.05) is 18.0 Å². The van der Waals surface area contributed by atoms with Crippen LogP contribution < -0.4 is 5.32 Å². The highest BCUT2D eigenvalue weighted by atomic mass is 35.5. The molecule has 1 aromatic rings. The Morgan fingerprint density at radius 3 is 2.89 bits per heavy atom. The quantitative estimate of drug-likeness (QED) is 0.887. The van der Waals surface area contributed by atoms with Crippen LogP contribution in [-0.2, 0) is 0 Å². The maximum atomic E-state index is 12.8. The van der Waals surface area contributed by atoms with Crippen molar-refractivity contribution in [2.24, 2.45) is 5.92 Å². The molecular formula is C13H15ClFNO2. The largest absolute Gasteiger partial charge is 0.393 e. The van der Waals surface area contributed by atoms with Crippen molar-refractivity contribution in [3.63, 3.8) is 0 Å². The van der Waals surface area contributed by atoms with Crippen LogP contribution in [0.2, 0.25) is 5.02 Å². The third kappa shape index (κ3) is 3.00. The summed E-state index contributed by atoms with van der Waals surface area (Å²) in [5.41, 5.74) is 0.255. The number of nitrogens with one attached hydrogen (secondary N) is 1. The summed E-state index contributed by atoms with van der Waals surface area (Å²) in [5, 5.41) is 12.5. The second-order valence-electron chi connectivity index (χ2n) is 4.59. The van der Waals surface area contributed by atoms with E-state index >= 15 is 0 Å². The second-order valence-corrected chi connectivity index (χ2v) is 5.00. The van der Waals surface area contributed by atoms with Crippen LogP contribution in [0.1, 0.15) is 29.6 Å². The molecule has 0 heterocycles. The number of rotatable bonds is 3. The zero-order valence-electron chi connectivity index (χ0n) is 9.83. The predicted molar refractivity (Wildman–Crippen MR) is 67.1 cm³/mol. The molecule has 1 aromatic carbocycles. The molecular weight excluding hydrogens is 257 g/mol. The van der Waals surface area contributed by atoms with Crippen LogP contribution in [0, 0.1) is 11.7 Å². The average molecular weight is 272 g/mol. The summed E-state index contributed by atoms with van der Waals surface area (Å²) in [6.45, 7) is 0.424. The third-order valence-corrected chi connectivity index (χ3v) is 3.63. The first-order chi connectivity index (χ1) is 8.58. The molecule has 1 aliphatic rings. The van der Waals surface area contributed by atoms with Crippen molar-refractivity contribution >= 4 is 17.5 Å². The molecule has 0 bridgehead atoms. The summed E-state index contributed by atoms with van der Waals surface area (Å²) in [6.07, 6.45) is 2.35. The van der Waals surface area contributed by atoms with Gasteiger partial charge >= 0.3 is 0 Å². The molecule has 1 amide bonds. The Balaban J connectivity index is 1.95. The van der Waals surface area contributed by atoms with Gasteiger partial charge in [-0.25, -0.2) is 4.39 Å². The van der Waals surface area contributed by atoms with Gasteiger partial charge in [-0.05, 0) is 31.0 Å². The van der Waals surface area contributed by atoms with Crippen molar-refractivity contribution in [2.45, 2.75) is 25.4 Å². The van der Waals surface area contributed by atoms with Gasteiger partial charge in [0.05, 0.1) is 16.7 Å². The molecule has 1 saturated carbocycles. The van der Waals surface area contributed by atoms with E-state index in [1.807, 2.05) is 0 Å². The van der Waals surface area contributed by atoms with E-state index in [0.29, 0.717) is 6.54 Å². The molecule has 2 unspecified atom stereocenters. The lowest BCUT2D eigenvalue weighted by molar-refractivity contribution is 0.0917. The molecule has 18 heavy (non-hydrogen) atoms. The Hall–Kier alpha value is -1.13. The van der Waals surface area contributed by atoms with Crippen LogP contribution >= 0.6 is 11.6 Å². The van der Waals surface area contributed by atoms with Crippen LogP contribution in [0.15, 0.2) is 18.2 Å². The van der Waals surface area contributed by atoms with Crippen LogP contribution in [0.4, 0.5) is 4.39 Å². The SMILES string of the molecule is O=C(NCC1CCCC1O)c1ccc(F)cc1Cl. The molecule has 0 aliphatic heterocycles. The Bertz CT molecular complexity index is 453. The molecule has 1 fully saturated rings. The van der Waals surface area contributed by atoms with Gasteiger partial charge in [0.15, 0.2) is 0 Å². The smallest absolute Gasteiger partial charge is 0.252 e. The molecule has 0 saturated heterocycles. The van der Waals surface area contributed by atoms with Crippen molar-refractivity contribution in [2.75, 3.05) is 6.54 Å². The standard InChI is InChI=1S/C13H15ClFNO2/c14-11-6-9(15)4-5-10(11)13(18)16-7-8-2-1-3-12(8)17/h4-6,8,12,17H,1-3,7H2,(H,16,18). The maximum absolute atomic E-state index is 12.8. The Kier molecular flexibility index (Phi) is 4.19. The number of hydrogen-bond acceptors (Lipinski definition) is 2. The topological polar surface area (TPSA) is 49.3 Å².